The molecule has 1 aromatic heterocycles. The summed E-state index contributed by atoms with van der Waals surface area (Å²) in [5, 5.41) is 2.00. The molecule has 1 atom stereocenters. The van der Waals surface area contributed by atoms with Crippen LogP contribution in [0.15, 0.2) is 172 Å². The molecule has 53 heavy (non-hydrogen) atoms. The molecule has 256 valence electrons. The van der Waals surface area contributed by atoms with Gasteiger partial charge in [-0.3, -0.25) is 4.99 Å². The van der Waals surface area contributed by atoms with Crippen LogP contribution < -0.4 is 10.7 Å². The highest BCUT2D eigenvalue weighted by molar-refractivity contribution is 6.34. The molecule has 0 spiro atoms. The van der Waals surface area contributed by atoms with Crippen LogP contribution in [0.3, 0.4) is 0 Å². The minimum absolute atomic E-state index is 0.0137. The molecule has 4 heteroatoms. The number of aliphatic imine (C=N–C) groups is 3. The Bertz CT molecular complexity index is 2510. The number of nitrogens with one attached hydrogen (secondary N) is 1. The van der Waals surface area contributed by atoms with Gasteiger partial charge in [0, 0.05) is 45.1 Å². The molecule has 4 nitrogen and oxygen atoms in total. The van der Waals surface area contributed by atoms with Gasteiger partial charge in [-0.05, 0) is 92.0 Å². The Morgan fingerprint density at radius 2 is 0.811 bits per heavy atom. The third-order valence-electron chi connectivity index (χ3n) is 10.7. The van der Waals surface area contributed by atoms with E-state index in [-0.39, 0.29) is 5.92 Å². The van der Waals surface area contributed by atoms with Crippen molar-refractivity contribution in [3.63, 3.8) is 0 Å². The van der Waals surface area contributed by atoms with Crippen LogP contribution in [0.25, 0.3) is 22.3 Å². The molecule has 8 bridgehead atoms. The number of rotatable bonds is 4. The van der Waals surface area contributed by atoms with Gasteiger partial charge >= 0.3 is 0 Å². The molecule has 5 aromatic rings. The number of H-pyrrole nitrogens is 1. The van der Waals surface area contributed by atoms with E-state index in [0.29, 0.717) is 0 Å². The van der Waals surface area contributed by atoms with E-state index in [0.717, 1.165) is 89.3 Å². The van der Waals surface area contributed by atoms with Gasteiger partial charge in [-0.2, -0.15) is 0 Å². The lowest BCUT2D eigenvalue weighted by Crippen LogP contribution is -2.21. The highest BCUT2D eigenvalue weighted by Crippen LogP contribution is 2.42. The molecule has 0 aliphatic carbocycles. The van der Waals surface area contributed by atoms with Crippen molar-refractivity contribution in [2.75, 3.05) is 0 Å². The van der Waals surface area contributed by atoms with Gasteiger partial charge in [-0.25, -0.2) is 9.98 Å². The molecule has 9 rings (SSSR count). The van der Waals surface area contributed by atoms with Crippen molar-refractivity contribution in [1.29, 1.82) is 0 Å². The Balaban J connectivity index is 1.39. The lowest BCUT2D eigenvalue weighted by atomic mass is 9.83. The zero-order valence-electron chi connectivity index (χ0n) is 30.7. The van der Waals surface area contributed by atoms with Crippen molar-refractivity contribution in [3.05, 3.63) is 212 Å². The highest BCUT2D eigenvalue weighted by Gasteiger charge is 2.32. The maximum atomic E-state index is 5.46. The number of aromatic nitrogens is 1. The van der Waals surface area contributed by atoms with E-state index in [1.807, 2.05) is 0 Å². The summed E-state index contributed by atoms with van der Waals surface area (Å²) in [5.41, 5.74) is 19.3. The maximum absolute atomic E-state index is 5.46. The van der Waals surface area contributed by atoms with E-state index >= 15 is 0 Å². The summed E-state index contributed by atoms with van der Waals surface area (Å²) < 4.78 is 0. The lowest BCUT2D eigenvalue weighted by Gasteiger charge is -2.20. The van der Waals surface area contributed by atoms with E-state index in [2.05, 4.69) is 179 Å². The minimum Gasteiger partial charge on any atom is -0.354 e. The average molecular weight is 685 g/mol. The maximum Gasteiger partial charge on any atom is 0.0737 e. The summed E-state index contributed by atoms with van der Waals surface area (Å²) in [7, 11) is 0. The van der Waals surface area contributed by atoms with Gasteiger partial charge < -0.3 is 4.98 Å². The Hall–Kier alpha value is -6.39. The molecule has 5 heterocycles. The van der Waals surface area contributed by atoms with Crippen LogP contribution in [0.4, 0.5) is 0 Å². The monoisotopic (exact) mass is 684 g/mol. The second-order valence-corrected chi connectivity index (χ2v) is 14.5. The molecular formula is C49H40N4. The molecule has 1 N–H and O–H groups in total. The molecule has 1 unspecified atom stereocenters. The van der Waals surface area contributed by atoms with Gasteiger partial charge in [0.05, 0.1) is 28.5 Å². The van der Waals surface area contributed by atoms with Crippen molar-refractivity contribution in [2.24, 2.45) is 20.9 Å². The number of allylic oxidation sites excluding steroid dienone is 7. The fourth-order valence-electron chi connectivity index (χ4n) is 7.69. The van der Waals surface area contributed by atoms with Gasteiger partial charge in [-0.1, -0.05) is 126 Å². The molecule has 0 fully saturated rings. The average Bonchev–Trinajstić information content (AvgIpc) is 3.99. The predicted octanol–water partition coefficient (Wildman–Crippen LogP) is 9.48. The normalized spacial score (nSPS) is 17.8. The number of hydrogen-bond donors (Lipinski definition) is 1. The van der Waals surface area contributed by atoms with Crippen LogP contribution in [-0.4, -0.2) is 22.1 Å². The first-order chi connectivity index (χ1) is 25.8. The molecular weight excluding hydrogens is 645 g/mol. The van der Waals surface area contributed by atoms with Crippen molar-refractivity contribution < 1.29 is 0 Å². The first kappa shape index (κ1) is 32.5. The summed E-state index contributed by atoms with van der Waals surface area (Å²) >= 11 is 0. The number of aromatic amines is 1. The van der Waals surface area contributed by atoms with Crippen molar-refractivity contribution in [2.45, 2.75) is 34.6 Å². The standard InChI is InChI=1S/C49H40N4/c1-29-6-14-34(15-7-29)45-38-28-50-49(33(38)5)48(37-20-12-32(4)13-21-37)44-27-26-43(53-44)47(36-18-10-31(3)11-19-36)42-25-24-41(52-42)46(40-23-22-39(45)51-40)35-16-8-30(2)9-17-35/h6-28,33,52H,1-5H3. The third kappa shape index (κ3) is 5.87. The summed E-state index contributed by atoms with van der Waals surface area (Å²) in [6, 6.07) is 39.4. The fraction of sp³-hybridized carbons (Fsp3) is 0.122. The van der Waals surface area contributed by atoms with Crippen molar-refractivity contribution >= 4 is 39.4 Å². The van der Waals surface area contributed by atoms with Crippen LogP contribution >= 0.6 is 0 Å². The largest absolute Gasteiger partial charge is 0.354 e. The van der Waals surface area contributed by atoms with Crippen LogP contribution in [0, 0.1) is 33.6 Å². The Morgan fingerprint density at radius 1 is 0.434 bits per heavy atom. The molecule has 0 amide bonds. The van der Waals surface area contributed by atoms with Crippen LogP contribution in [0.5, 0.6) is 0 Å². The summed E-state index contributed by atoms with van der Waals surface area (Å²) in [6.07, 6.45) is 10.7. The van der Waals surface area contributed by atoms with E-state index in [9.17, 15) is 0 Å². The number of hydrogen-bond acceptors (Lipinski definition) is 3. The molecule has 0 saturated carbocycles. The summed E-state index contributed by atoms with van der Waals surface area (Å²) in [6.45, 7) is 10.8. The van der Waals surface area contributed by atoms with Crippen LogP contribution in [0.2, 0.25) is 0 Å². The first-order valence-electron chi connectivity index (χ1n) is 18.3. The second-order valence-electron chi connectivity index (χ2n) is 14.5. The van der Waals surface area contributed by atoms with E-state index in [1.165, 1.54) is 22.3 Å². The Kier molecular flexibility index (Phi) is 7.97. The summed E-state index contributed by atoms with van der Waals surface area (Å²) in [4.78, 5) is 20.0. The topological polar surface area (TPSA) is 52.9 Å². The molecule has 0 radical (unpaired) electrons. The van der Waals surface area contributed by atoms with E-state index in [4.69, 9.17) is 15.0 Å². The number of aryl methyl sites for hydroxylation is 4. The quantitative estimate of drug-likeness (QED) is 0.196. The van der Waals surface area contributed by atoms with E-state index in [1.54, 1.807) is 0 Å². The molecule has 0 saturated heterocycles. The zero-order chi connectivity index (χ0) is 36.2. The lowest BCUT2D eigenvalue weighted by molar-refractivity contribution is 0.979. The molecule has 4 aliphatic rings. The van der Waals surface area contributed by atoms with Gasteiger partial charge in [0.15, 0.2) is 0 Å². The van der Waals surface area contributed by atoms with Gasteiger partial charge in [0.2, 0.25) is 0 Å². The van der Waals surface area contributed by atoms with Crippen molar-refractivity contribution in [1.82, 2.24) is 4.98 Å². The van der Waals surface area contributed by atoms with Crippen LogP contribution in [0.1, 0.15) is 51.4 Å². The second kappa shape index (κ2) is 13.0. The zero-order valence-corrected chi connectivity index (χ0v) is 30.7. The Labute approximate surface area is 310 Å². The van der Waals surface area contributed by atoms with Crippen LogP contribution in [-0.2, 0) is 0 Å². The molecule has 4 aromatic carbocycles. The Morgan fingerprint density at radius 3 is 1.25 bits per heavy atom. The van der Waals surface area contributed by atoms with Crippen molar-refractivity contribution in [3.8, 4) is 0 Å². The number of benzene rings is 4. The van der Waals surface area contributed by atoms with Gasteiger partial charge in [0.25, 0.3) is 0 Å². The fourth-order valence-corrected chi connectivity index (χ4v) is 7.69. The first-order valence-corrected chi connectivity index (χ1v) is 18.3. The highest BCUT2D eigenvalue weighted by atomic mass is 14.8. The predicted molar refractivity (Wildman–Crippen MR) is 221 cm³/mol. The van der Waals surface area contributed by atoms with Gasteiger partial charge in [-0.15, -0.1) is 0 Å². The number of nitrogens with zero attached hydrogens (tertiary/aromatic N) is 3. The smallest absolute Gasteiger partial charge is 0.0737 e. The molecule has 4 aliphatic heterocycles. The van der Waals surface area contributed by atoms with Gasteiger partial charge in [0.1, 0.15) is 0 Å². The third-order valence-corrected chi connectivity index (χ3v) is 10.7. The minimum atomic E-state index is -0.0137. The SMILES string of the molecule is Cc1ccc(C2=C3C=CC(=N3)C(c3ccc(C)cc3)=c3ccc([nH]3)=C(c3ccc(C)cc3)C3=NC(=C(c4ccc(C)cc4)C4=NC=C2C4C)C=C3)cc1. The summed E-state index contributed by atoms with van der Waals surface area (Å²) in [5.74, 6) is -0.0137. The van der Waals surface area contributed by atoms with E-state index < -0.39 is 0 Å². The number of fused-ring (bicyclic) bond motifs is 6.